The number of hydrogen-bond donors (Lipinski definition) is 1. The van der Waals surface area contributed by atoms with Crippen molar-refractivity contribution in [2.75, 3.05) is 0 Å². The maximum Gasteiger partial charge on any atom is 0.407 e. The van der Waals surface area contributed by atoms with E-state index in [-0.39, 0.29) is 11.1 Å². The molecule has 2 unspecified atom stereocenters. The zero-order valence-electron chi connectivity index (χ0n) is 16.4. The lowest BCUT2D eigenvalue weighted by Gasteiger charge is -2.31. The third-order valence-corrected chi connectivity index (χ3v) is 5.05. The summed E-state index contributed by atoms with van der Waals surface area (Å²) in [6.07, 6.45) is 1.08. The van der Waals surface area contributed by atoms with Gasteiger partial charge < -0.3 is 14.9 Å². The van der Waals surface area contributed by atoms with E-state index in [4.69, 9.17) is 9.57 Å². The van der Waals surface area contributed by atoms with Crippen LogP contribution in [0.4, 0.5) is 4.79 Å². The van der Waals surface area contributed by atoms with Gasteiger partial charge in [0.1, 0.15) is 5.60 Å². The van der Waals surface area contributed by atoms with Crippen molar-refractivity contribution in [1.29, 1.82) is 0 Å². The van der Waals surface area contributed by atoms with Crippen molar-refractivity contribution in [2.24, 2.45) is 5.41 Å². The molecular weight excluding hydrogens is 364 g/mol. The molecule has 1 aromatic carbocycles. The number of benzene rings is 1. The lowest BCUT2D eigenvalue weighted by atomic mass is 9.85. The van der Waals surface area contributed by atoms with Crippen LogP contribution in [-0.4, -0.2) is 40.6 Å². The Morgan fingerprint density at radius 2 is 1.71 bits per heavy atom. The quantitative estimate of drug-likeness (QED) is 0.799. The van der Waals surface area contributed by atoms with Gasteiger partial charge in [-0.1, -0.05) is 23.6 Å². The van der Waals surface area contributed by atoms with Gasteiger partial charge in [-0.3, -0.25) is 9.59 Å². The molecule has 0 saturated heterocycles. The van der Waals surface area contributed by atoms with Gasteiger partial charge in [0.25, 0.3) is 11.8 Å². The van der Waals surface area contributed by atoms with Crippen molar-refractivity contribution in [2.45, 2.75) is 58.6 Å². The summed E-state index contributed by atoms with van der Waals surface area (Å²) < 4.78 is 5.26. The van der Waals surface area contributed by atoms with Crippen molar-refractivity contribution >= 4 is 23.9 Å². The molecule has 1 N–H and O–H groups in total. The number of carbonyl (C=O) groups excluding carboxylic acids is 4. The van der Waals surface area contributed by atoms with Crippen LogP contribution in [0.25, 0.3) is 0 Å². The summed E-state index contributed by atoms with van der Waals surface area (Å²) in [5.41, 5.74) is -1.35. The Morgan fingerprint density at radius 3 is 2.25 bits per heavy atom. The molecule has 0 spiro atoms. The molecule has 2 aliphatic rings. The number of rotatable bonds is 3. The summed E-state index contributed by atoms with van der Waals surface area (Å²) in [4.78, 5) is 55.1. The lowest BCUT2D eigenvalue weighted by molar-refractivity contribution is -0.181. The molecule has 3 amide bonds. The number of ether oxygens (including phenoxy) is 1. The first-order valence-corrected chi connectivity index (χ1v) is 9.23. The smallest absolute Gasteiger partial charge is 0.407 e. The van der Waals surface area contributed by atoms with Gasteiger partial charge in [-0.15, -0.1) is 0 Å². The summed E-state index contributed by atoms with van der Waals surface area (Å²) in [6.45, 7) is 6.90. The molecule has 28 heavy (non-hydrogen) atoms. The van der Waals surface area contributed by atoms with Gasteiger partial charge in [-0.05, 0) is 52.7 Å². The molecule has 3 rings (SSSR count). The monoisotopic (exact) mass is 388 g/mol. The number of nitrogens with zero attached hydrogens (tertiary/aromatic N) is 1. The molecule has 8 heteroatoms. The topological polar surface area (TPSA) is 102 Å². The van der Waals surface area contributed by atoms with E-state index in [2.05, 4.69) is 5.32 Å². The van der Waals surface area contributed by atoms with Crippen LogP contribution in [0.3, 0.4) is 0 Å². The maximum absolute atomic E-state index is 12.9. The molecule has 2 atom stereocenters. The van der Waals surface area contributed by atoms with Gasteiger partial charge in [-0.25, -0.2) is 9.59 Å². The Labute approximate surface area is 163 Å². The standard InChI is InChI=1S/C20H24N2O6/c1-19(2,3)27-18(26)21-14-10-7-11-20(14,4)17(25)28-22-15(23)12-8-5-6-9-13(12)16(22)24/h5-6,8-9,14H,7,10-11H2,1-4H3,(H,21,26). The van der Waals surface area contributed by atoms with Gasteiger partial charge in [0, 0.05) is 6.04 Å². The molecule has 8 nitrogen and oxygen atoms in total. The van der Waals surface area contributed by atoms with E-state index in [9.17, 15) is 19.2 Å². The lowest BCUT2D eigenvalue weighted by Crippen LogP contribution is -2.50. The molecular formula is C20H24N2O6. The summed E-state index contributed by atoms with van der Waals surface area (Å²) in [6, 6.07) is 5.76. The second-order valence-electron chi connectivity index (χ2n) is 8.34. The molecule has 1 aliphatic carbocycles. The summed E-state index contributed by atoms with van der Waals surface area (Å²) >= 11 is 0. The van der Waals surface area contributed by atoms with Crippen LogP contribution in [0.1, 0.15) is 67.7 Å². The van der Waals surface area contributed by atoms with E-state index in [1.165, 1.54) is 12.1 Å². The second kappa shape index (κ2) is 6.92. The molecule has 0 aromatic heterocycles. The van der Waals surface area contributed by atoms with E-state index < -0.39 is 40.9 Å². The average Bonchev–Trinajstić information content (AvgIpc) is 3.08. The fourth-order valence-corrected chi connectivity index (χ4v) is 3.53. The van der Waals surface area contributed by atoms with Gasteiger partial charge in [0.05, 0.1) is 16.5 Å². The number of hydroxylamine groups is 2. The van der Waals surface area contributed by atoms with Crippen LogP contribution in [0.15, 0.2) is 24.3 Å². The zero-order valence-corrected chi connectivity index (χ0v) is 16.4. The van der Waals surface area contributed by atoms with Crippen LogP contribution in [-0.2, 0) is 14.4 Å². The fourth-order valence-electron chi connectivity index (χ4n) is 3.53. The highest BCUT2D eigenvalue weighted by molar-refractivity contribution is 6.20. The third-order valence-electron chi connectivity index (χ3n) is 5.05. The zero-order chi connectivity index (χ0) is 20.7. The van der Waals surface area contributed by atoms with E-state index in [0.717, 1.165) is 0 Å². The molecule has 1 saturated carbocycles. The van der Waals surface area contributed by atoms with Crippen molar-refractivity contribution < 1.29 is 28.8 Å². The van der Waals surface area contributed by atoms with Crippen LogP contribution >= 0.6 is 0 Å². The number of alkyl carbamates (subject to hydrolysis) is 1. The van der Waals surface area contributed by atoms with Crippen molar-refractivity contribution in [1.82, 2.24) is 10.4 Å². The highest BCUT2D eigenvalue weighted by Gasteiger charge is 2.50. The fraction of sp³-hybridized carbons (Fsp3) is 0.500. The minimum atomic E-state index is -1.08. The number of amides is 3. The third kappa shape index (κ3) is 3.58. The van der Waals surface area contributed by atoms with Crippen molar-refractivity contribution in [3.63, 3.8) is 0 Å². The van der Waals surface area contributed by atoms with Crippen LogP contribution in [0.5, 0.6) is 0 Å². The van der Waals surface area contributed by atoms with Gasteiger partial charge >= 0.3 is 12.1 Å². The SMILES string of the molecule is CC(C)(C)OC(=O)NC1CCCC1(C)C(=O)ON1C(=O)c2ccccc2C1=O. The first-order chi connectivity index (χ1) is 13.0. The van der Waals surface area contributed by atoms with E-state index in [1.54, 1.807) is 39.8 Å². The summed E-state index contributed by atoms with van der Waals surface area (Å²) in [5.74, 6) is -2.08. The molecule has 1 aromatic rings. The molecule has 150 valence electrons. The number of imide groups is 1. The molecule has 0 radical (unpaired) electrons. The predicted octanol–water partition coefficient (Wildman–Crippen LogP) is 2.82. The first-order valence-electron chi connectivity index (χ1n) is 9.23. The molecule has 1 heterocycles. The Bertz CT molecular complexity index is 808. The highest BCUT2D eigenvalue weighted by atomic mass is 16.7. The van der Waals surface area contributed by atoms with Gasteiger partial charge in [-0.2, -0.15) is 0 Å². The number of hydrogen-bond acceptors (Lipinski definition) is 6. The summed E-state index contributed by atoms with van der Waals surface area (Å²) in [5, 5.41) is 3.22. The first kappa shape index (κ1) is 19.9. The Balaban J connectivity index is 1.72. The Morgan fingerprint density at radius 1 is 1.14 bits per heavy atom. The summed E-state index contributed by atoms with van der Waals surface area (Å²) in [7, 11) is 0. The van der Waals surface area contributed by atoms with Crippen LogP contribution in [0.2, 0.25) is 0 Å². The minimum absolute atomic E-state index is 0.195. The average molecular weight is 388 g/mol. The van der Waals surface area contributed by atoms with Crippen molar-refractivity contribution in [3.05, 3.63) is 35.4 Å². The number of nitrogens with one attached hydrogen (secondary N) is 1. The van der Waals surface area contributed by atoms with E-state index >= 15 is 0 Å². The van der Waals surface area contributed by atoms with Crippen LogP contribution < -0.4 is 5.32 Å². The van der Waals surface area contributed by atoms with Gasteiger partial charge in [0.15, 0.2) is 0 Å². The maximum atomic E-state index is 12.9. The highest BCUT2D eigenvalue weighted by Crippen LogP contribution is 2.40. The Hall–Kier alpha value is -2.90. The Kier molecular flexibility index (Phi) is 4.91. The van der Waals surface area contributed by atoms with Crippen LogP contribution in [0, 0.1) is 5.41 Å². The predicted molar refractivity (Wildman–Crippen MR) is 98.1 cm³/mol. The van der Waals surface area contributed by atoms with Crippen molar-refractivity contribution in [3.8, 4) is 0 Å². The molecule has 0 bridgehead atoms. The van der Waals surface area contributed by atoms with Gasteiger partial charge in [0.2, 0.25) is 0 Å². The second-order valence-corrected chi connectivity index (χ2v) is 8.34. The normalized spacial score (nSPS) is 24.1. The number of carbonyl (C=O) groups is 4. The molecule has 1 aliphatic heterocycles. The molecule has 1 fully saturated rings. The van der Waals surface area contributed by atoms with E-state index in [0.29, 0.717) is 24.3 Å². The minimum Gasteiger partial charge on any atom is -0.444 e. The van der Waals surface area contributed by atoms with E-state index in [1.807, 2.05) is 0 Å². The largest absolute Gasteiger partial charge is 0.444 e. The number of fused-ring (bicyclic) bond motifs is 1.